The summed E-state index contributed by atoms with van der Waals surface area (Å²) < 4.78 is 5.13. The zero-order valence-corrected chi connectivity index (χ0v) is 10.2. The minimum Gasteiger partial charge on any atom is -0.496 e. The van der Waals surface area contributed by atoms with Gasteiger partial charge in [0.15, 0.2) is 0 Å². The molecule has 0 fully saturated rings. The number of carboxylic acid groups (broad SMARTS) is 1. The fourth-order valence-electron chi connectivity index (χ4n) is 1.34. The van der Waals surface area contributed by atoms with Crippen LogP contribution in [0.4, 0.5) is 0 Å². The Bertz CT molecular complexity index is 448. The van der Waals surface area contributed by atoms with Gasteiger partial charge in [0.25, 0.3) is 5.91 Å². The predicted octanol–water partition coefficient (Wildman–Crippen LogP) is -0.376. The number of pyridine rings is 1. The first-order valence-electron chi connectivity index (χ1n) is 5.26. The van der Waals surface area contributed by atoms with Crippen LogP contribution in [0.25, 0.3) is 0 Å². The SMILES string of the molecule is CNC(=O)c1cc(OC)c(CNCC(=O)O)cn1. The average molecular weight is 253 g/mol. The number of hydrogen-bond acceptors (Lipinski definition) is 5. The number of nitrogens with one attached hydrogen (secondary N) is 2. The van der Waals surface area contributed by atoms with Crippen molar-refractivity contribution in [2.24, 2.45) is 0 Å². The first-order chi connectivity index (χ1) is 8.58. The van der Waals surface area contributed by atoms with Crippen molar-refractivity contribution in [3.63, 3.8) is 0 Å². The molecular formula is C11H15N3O4. The number of methoxy groups -OCH3 is 1. The highest BCUT2D eigenvalue weighted by atomic mass is 16.5. The van der Waals surface area contributed by atoms with Crippen molar-refractivity contribution in [3.05, 3.63) is 23.5 Å². The standard InChI is InChI=1S/C11H15N3O4/c1-12-11(17)8-3-9(18-2)7(5-14-8)4-13-6-10(15)16/h3,5,13H,4,6H2,1-2H3,(H,12,17)(H,15,16). The molecule has 0 aliphatic carbocycles. The van der Waals surface area contributed by atoms with Crippen LogP contribution >= 0.6 is 0 Å². The maximum Gasteiger partial charge on any atom is 0.317 e. The highest BCUT2D eigenvalue weighted by molar-refractivity contribution is 5.92. The molecule has 1 amide bonds. The number of nitrogens with zero attached hydrogens (tertiary/aromatic N) is 1. The first-order valence-corrected chi connectivity index (χ1v) is 5.26. The van der Waals surface area contributed by atoms with Gasteiger partial charge in [-0.2, -0.15) is 0 Å². The maximum absolute atomic E-state index is 11.4. The molecule has 7 nitrogen and oxygen atoms in total. The van der Waals surface area contributed by atoms with E-state index >= 15 is 0 Å². The molecule has 0 saturated heterocycles. The molecule has 3 N–H and O–H groups in total. The minimum atomic E-state index is -0.941. The molecule has 0 aromatic carbocycles. The molecular weight excluding hydrogens is 238 g/mol. The van der Waals surface area contributed by atoms with E-state index in [-0.39, 0.29) is 18.1 Å². The summed E-state index contributed by atoms with van der Waals surface area (Å²) in [6, 6.07) is 1.51. The second kappa shape index (κ2) is 6.55. The lowest BCUT2D eigenvalue weighted by Gasteiger charge is -2.09. The zero-order valence-electron chi connectivity index (χ0n) is 10.2. The van der Waals surface area contributed by atoms with Crippen LogP contribution < -0.4 is 15.4 Å². The van der Waals surface area contributed by atoms with Crippen molar-refractivity contribution in [3.8, 4) is 5.75 Å². The first kappa shape index (κ1) is 13.9. The zero-order chi connectivity index (χ0) is 13.5. The molecule has 0 saturated carbocycles. The van der Waals surface area contributed by atoms with E-state index in [4.69, 9.17) is 9.84 Å². The Morgan fingerprint density at radius 1 is 1.50 bits per heavy atom. The van der Waals surface area contributed by atoms with Crippen LogP contribution in [-0.2, 0) is 11.3 Å². The van der Waals surface area contributed by atoms with E-state index in [0.717, 1.165) is 0 Å². The van der Waals surface area contributed by atoms with Crippen molar-refractivity contribution in [2.45, 2.75) is 6.54 Å². The van der Waals surface area contributed by atoms with Crippen molar-refractivity contribution in [2.75, 3.05) is 20.7 Å². The number of aromatic nitrogens is 1. The van der Waals surface area contributed by atoms with Gasteiger partial charge in [-0.05, 0) is 0 Å². The van der Waals surface area contributed by atoms with E-state index in [2.05, 4.69) is 15.6 Å². The number of carboxylic acids is 1. The van der Waals surface area contributed by atoms with Gasteiger partial charge in [0.05, 0.1) is 13.7 Å². The summed E-state index contributed by atoms with van der Waals surface area (Å²) in [4.78, 5) is 25.7. The fraction of sp³-hybridized carbons (Fsp3) is 0.364. The molecule has 0 aliphatic rings. The smallest absolute Gasteiger partial charge is 0.317 e. The number of amides is 1. The molecule has 18 heavy (non-hydrogen) atoms. The van der Waals surface area contributed by atoms with Crippen LogP contribution in [0.15, 0.2) is 12.3 Å². The highest BCUT2D eigenvalue weighted by Gasteiger charge is 2.10. The van der Waals surface area contributed by atoms with Crippen LogP contribution in [0.2, 0.25) is 0 Å². The second-order valence-electron chi connectivity index (χ2n) is 3.46. The summed E-state index contributed by atoms with van der Waals surface area (Å²) in [6.07, 6.45) is 1.48. The Labute approximate surface area is 104 Å². The van der Waals surface area contributed by atoms with Crippen LogP contribution in [0, 0.1) is 0 Å². The van der Waals surface area contributed by atoms with E-state index in [1.165, 1.54) is 26.4 Å². The molecule has 0 aliphatic heterocycles. The molecule has 1 rings (SSSR count). The van der Waals surface area contributed by atoms with E-state index in [9.17, 15) is 9.59 Å². The lowest BCUT2D eigenvalue weighted by Crippen LogP contribution is -2.23. The van der Waals surface area contributed by atoms with Crippen molar-refractivity contribution >= 4 is 11.9 Å². The number of ether oxygens (including phenoxy) is 1. The fourth-order valence-corrected chi connectivity index (χ4v) is 1.34. The van der Waals surface area contributed by atoms with Gasteiger partial charge in [-0.25, -0.2) is 0 Å². The van der Waals surface area contributed by atoms with Crippen LogP contribution in [0.1, 0.15) is 16.1 Å². The Morgan fingerprint density at radius 3 is 2.78 bits per heavy atom. The van der Waals surface area contributed by atoms with Gasteiger partial charge in [-0.1, -0.05) is 0 Å². The van der Waals surface area contributed by atoms with Gasteiger partial charge >= 0.3 is 5.97 Å². The lowest BCUT2D eigenvalue weighted by atomic mass is 10.2. The number of carbonyl (C=O) groups is 2. The van der Waals surface area contributed by atoms with Crippen LogP contribution in [0.3, 0.4) is 0 Å². The molecule has 0 spiro atoms. The van der Waals surface area contributed by atoms with E-state index in [1.807, 2.05) is 0 Å². The third-order valence-corrected chi connectivity index (χ3v) is 2.22. The van der Waals surface area contributed by atoms with Gasteiger partial charge < -0.3 is 20.5 Å². The quantitative estimate of drug-likeness (QED) is 0.639. The Morgan fingerprint density at radius 2 is 2.22 bits per heavy atom. The monoisotopic (exact) mass is 253 g/mol. The van der Waals surface area contributed by atoms with E-state index in [0.29, 0.717) is 17.9 Å². The summed E-state index contributed by atoms with van der Waals surface area (Å²) in [7, 11) is 2.99. The number of hydrogen-bond donors (Lipinski definition) is 3. The summed E-state index contributed by atoms with van der Waals surface area (Å²) in [5, 5.41) is 13.7. The largest absolute Gasteiger partial charge is 0.496 e. The average Bonchev–Trinajstić information content (AvgIpc) is 2.37. The molecule has 0 unspecified atom stereocenters. The molecule has 0 atom stereocenters. The van der Waals surface area contributed by atoms with E-state index < -0.39 is 5.97 Å². The van der Waals surface area contributed by atoms with Gasteiger partial charge in [0.1, 0.15) is 11.4 Å². The molecule has 0 radical (unpaired) electrons. The van der Waals surface area contributed by atoms with Gasteiger partial charge in [-0.15, -0.1) is 0 Å². The van der Waals surface area contributed by atoms with E-state index in [1.54, 1.807) is 0 Å². The number of carbonyl (C=O) groups excluding carboxylic acids is 1. The normalized spacial score (nSPS) is 9.89. The van der Waals surface area contributed by atoms with Gasteiger partial charge in [-0.3, -0.25) is 14.6 Å². The second-order valence-corrected chi connectivity index (χ2v) is 3.46. The van der Waals surface area contributed by atoms with Crippen molar-refractivity contribution in [1.82, 2.24) is 15.6 Å². The lowest BCUT2D eigenvalue weighted by molar-refractivity contribution is -0.136. The molecule has 98 valence electrons. The third-order valence-electron chi connectivity index (χ3n) is 2.22. The summed E-state index contributed by atoms with van der Waals surface area (Å²) in [5.74, 6) is -0.760. The molecule has 1 aromatic heterocycles. The summed E-state index contributed by atoms with van der Waals surface area (Å²) in [6.45, 7) is 0.150. The Kier molecular flexibility index (Phi) is 5.06. The summed E-state index contributed by atoms with van der Waals surface area (Å²) in [5.41, 5.74) is 0.933. The van der Waals surface area contributed by atoms with Gasteiger partial charge in [0.2, 0.25) is 0 Å². The summed E-state index contributed by atoms with van der Waals surface area (Å²) >= 11 is 0. The highest BCUT2D eigenvalue weighted by Crippen LogP contribution is 2.18. The predicted molar refractivity (Wildman–Crippen MR) is 63.5 cm³/mol. The topological polar surface area (TPSA) is 101 Å². The number of rotatable bonds is 6. The van der Waals surface area contributed by atoms with Crippen LogP contribution in [-0.4, -0.2) is 42.7 Å². The molecule has 1 heterocycles. The Hall–Kier alpha value is -2.15. The number of aliphatic carboxylic acids is 1. The molecule has 7 heteroatoms. The van der Waals surface area contributed by atoms with Crippen molar-refractivity contribution in [1.29, 1.82) is 0 Å². The van der Waals surface area contributed by atoms with Gasteiger partial charge in [0, 0.05) is 31.4 Å². The van der Waals surface area contributed by atoms with Crippen molar-refractivity contribution < 1.29 is 19.4 Å². The minimum absolute atomic E-state index is 0.152. The maximum atomic E-state index is 11.4. The molecule has 1 aromatic rings. The Balaban J connectivity index is 2.80. The molecule has 0 bridgehead atoms. The third kappa shape index (κ3) is 3.70. The van der Waals surface area contributed by atoms with Crippen LogP contribution in [0.5, 0.6) is 5.75 Å².